The fourth-order valence-electron chi connectivity index (χ4n) is 1.20. The van der Waals surface area contributed by atoms with E-state index in [1.54, 1.807) is 18.1 Å². The van der Waals surface area contributed by atoms with Crippen LogP contribution in [0.2, 0.25) is 0 Å². The Kier molecular flexibility index (Phi) is 4.00. The number of nitrogen functional groups attached to an aromatic ring is 1. The summed E-state index contributed by atoms with van der Waals surface area (Å²) in [6.07, 6.45) is 1.55. The molecule has 0 amide bonds. The number of thioether (sulfide) groups is 1. The van der Waals surface area contributed by atoms with Crippen molar-refractivity contribution >= 4 is 40.0 Å². The number of aromatic nitrogens is 2. The van der Waals surface area contributed by atoms with Gasteiger partial charge in [-0.25, -0.2) is 9.97 Å². The predicted molar refractivity (Wildman–Crippen MR) is 75.2 cm³/mol. The zero-order valence-corrected chi connectivity index (χ0v) is 11.4. The molecule has 0 aliphatic rings. The Hall–Kier alpha value is -0.820. The van der Waals surface area contributed by atoms with E-state index in [2.05, 4.69) is 44.7 Å². The molecule has 1 heterocycles. The van der Waals surface area contributed by atoms with Gasteiger partial charge in [0.15, 0.2) is 0 Å². The topological polar surface area (TPSA) is 51.8 Å². The molecule has 3 nitrogen and oxygen atoms in total. The number of nitrogens with two attached hydrogens (primary N) is 1. The van der Waals surface area contributed by atoms with Crippen LogP contribution in [0.15, 0.2) is 41.7 Å². The van der Waals surface area contributed by atoms with E-state index in [4.69, 9.17) is 5.73 Å². The summed E-state index contributed by atoms with van der Waals surface area (Å²) in [6.45, 7) is 0. The van der Waals surface area contributed by atoms with Gasteiger partial charge in [0.05, 0.1) is 5.69 Å². The molecule has 0 atom stereocenters. The lowest BCUT2D eigenvalue weighted by molar-refractivity contribution is 1.03. The SMILES string of the molecule is Nc1c(I)ncnc1SCc1ccccc1. The molecular weight excluding hydrogens is 333 g/mol. The molecule has 0 aliphatic heterocycles. The van der Waals surface area contributed by atoms with Gasteiger partial charge in [0.25, 0.3) is 0 Å². The third-order valence-electron chi connectivity index (χ3n) is 2.02. The van der Waals surface area contributed by atoms with E-state index < -0.39 is 0 Å². The molecule has 2 N–H and O–H groups in total. The molecule has 0 bridgehead atoms. The second-order valence-electron chi connectivity index (χ2n) is 3.16. The van der Waals surface area contributed by atoms with Crippen LogP contribution in [0, 0.1) is 3.70 Å². The van der Waals surface area contributed by atoms with Crippen LogP contribution in [0.4, 0.5) is 5.69 Å². The molecule has 1 aromatic carbocycles. The van der Waals surface area contributed by atoms with Crippen LogP contribution in [-0.2, 0) is 5.75 Å². The van der Waals surface area contributed by atoms with Crippen molar-refractivity contribution in [3.05, 3.63) is 45.9 Å². The van der Waals surface area contributed by atoms with E-state index in [-0.39, 0.29) is 0 Å². The highest BCUT2D eigenvalue weighted by molar-refractivity contribution is 14.1. The first-order chi connectivity index (χ1) is 7.77. The fourth-order valence-corrected chi connectivity index (χ4v) is 2.63. The molecular formula is C11H10IN3S. The molecule has 16 heavy (non-hydrogen) atoms. The van der Waals surface area contributed by atoms with E-state index in [9.17, 15) is 0 Å². The van der Waals surface area contributed by atoms with Crippen molar-refractivity contribution in [3.8, 4) is 0 Å². The van der Waals surface area contributed by atoms with Crippen LogP contribution in [0.25, 0.3) is 0 Å². The minimum absolute atomic E-state index is 0.670. The van der Waals surface area contributed by atoms with Gasteiger partial charge in [-0.05, 0) is 28.2 Å². The Morgan fingerprint density at radius 3 is 2.69 bits per heavy atom. The van der Waals surface area contributed by atoms with E-state index in [1.807, 2.05) is 18.2 Å². The monoisotopic (exact) mass is 343 g/mol. The molecule has 1 aromatic heterocycles. The van der Waals surface area contributed by atoms with E-state index in [0.29, 0.717) is 5.69 Å². The first-order valence-electron chi connectivity index (χ1n) is 4.70. The second-order valence-corrected chi connectivity index (χ2v) is 5.14. The maximum Gasteiger partial charge on any atom is 0.128 e. The lowest BCUT2D eigenvalue weighted by Gasteiger charge is -2.04. The van der Waals surface area contributed by atoms with Crippen molar-refractivity contribution in [1.29, 1.82) is 0 Å². The molecule has 0 fully saturated rings. The average molecular weight is 343 g/mol. The summed E-state index contributed by atoms with van der Waals surface area (Å²) in [4.78, 5) is 8.21. The smallest absolute Gasteiger partial charge is 0.128 e. The molecule has 0 saturated carbocycles. The van der Waals surface area contributed by atoms with E-state index >= 15 is 0 Å². The van der Waals surface area contributed by atoms with Gasteiger partial charge in [0.1, 0.15) is 15.1 Å². The van der Waals surface area contributed by atoms with Gasteiger partial charge in [-0.2, -0.15) is 0 Å². The van der Waals surface area contributed by atoms with Crippen molar-refractivity contribution in [2.75, 3.05) is 5.73 Å². The molecule has 0 spiro atoms. The van der Waals surface area contributed by atoms with Gasteiger partial charge in [-0.1, -0.05) is 42.1 Å². The third kappa shape index (κ3) is 2.85. The minimum Gasteiger partial charge on any atom is -0.394 e. The number of nitrogens with zero attached hydrogens (tertiary/aromatic N) is 2. The normalized spacial score (nSPS) is 10.3. The highest BCUT2D eigenvalue weighted by Gasteiger charge is 2.05. The molecule has 2 aromatic rings. The van der Waals surface area contributed by atoms with Crippen molar-refractivity contribution in [2.24, 2.45) is 0 Å². The molecule has 0 radical (unpaired) electrons. The predicted octanol–water partition coefficient (Wildman–Crippen LogP) is 2.96. The quantitative estimate of drug-likeness (QED) is 0.529. The van der Waals surface area contributed by atoms with Gasteiger partial charge in [0.2, 0.25) is 0 Å². The molecule has 5 heteroatoms. The third-order valence-corrected chi connectivity index (χ3v) is 3.95. The first kappa shape index (κ1) is 11.7. The van der Waals surface area contributed by atoms with E-state index in [0.717, 1.165) is 14.5 Å². The number of hydrogen-bond donors (Lipinski definition) is 1. The second kappa shape index (κ2) is 5.49. The molecule has 82 valence electrons. The van der Waals surface area contributed by atoms with Crippen molar-refractivity contribution < 1.29 is 0 Å². The number of anilines is 1. The Balaban J connectivity index is 2.08. The highest BCUT2D eigenvalue weighted by atomic mass is 127. The number of hydrogen-bond acceptors (Lipinski definition) is 4. The Morgan fingerprint density at radius 1 is 1.19 bits per heavy atom. The Labute approximate surface area is 112 Å². The van der Waals surface area contributed by atoms with Crippen molar-refractivity contribution in [2.45, 2.75) is 10.8 Å². The molecule has 2 rings (SSSR count). The Morgan fingerprint density at radius 2 is 1.94 bits per heavy atom. The summed E-state index contributed by atoms with van der Waals surface area (Å²) in [5, 5.41) is 0.850. The van der Waals surface area contributed by atoms with Crippen molar-refractivity contribution in [3.63, 3.8) is 0 Å². The number of benzene rings is 1. The standard InChI is InChI=1S/C11H10IN3S/c12-10-9(13)11(15-7-14-10)16-6-8-4-2-1-3-5-8/h1-5,7H,6,13H2. The maximum absolute atomic E-state index is 5.89. The molecule has 0 unspecified atom stereocenters. The maximum atomic E-state index is 5.89. The fraction of sp³-hybridized carbons (Fsp3) is 0.0909. The average Bonchev–Trinajstić information content (AvgIpc) is 2.32. The van der Waals surface area contributed by atoms with Crippen LogP contribution in [0.3, 0.4) is 0 Å². The largest absolute Gasteiger partial charge is 0.394 e. The first-order valence-corrected chi connectivity index (χ1v) is 6.76. The summed E-state index contributed by atoms with van der Waals surface area (Å²) in [6, 6.07) is 10.3. The van der Waals surface area contributed by atoms with Gasteiger partial charge < -0.3 is 5.73 Å². The molecule has 0 saturated heterocycles. The van der Waals surface area contributed by atoms with Gasteiger partial charge in [-0.3, -0.25) is 0 Å². The summed E-state index contributed by atoms with van der Waals surface area (Å²) < 4.78 is 0.808. The van der Waals surface area contributed by atoms with Gasteiger partial charge in [0, 0.05) is 5.75 Å². The van der Waals surface area contributed by atoms with Crippen LogP contribution in [-0.4, -0.2) is 9.97 Å². The van der Waals surface area contributed by atoms with Gasteiger partial charge in [-0.15, -0.1) is 0 Å². The minimum atomic E-state index is 0.670. The summed E-state index contributed by atoms with van der Waals surface area (Å²) in [5.41, 5.74) is 7.83. The zero-order chi connectivity index (χ0) is 11.4. The lowest BCUT2D eigenvalue weighted by Crippen LogP contribution is -1.97. The highest BCUT2D eigenvalue weighted by Crippen LogP contribution is 2.27. The zero-order valence-electron chi connectivity index (χ0n) is 8.43. The Bertz CT molecular complexity index is 476. The van der Waals surface area contributed by atoms with Crippen LogP contribution in [0.1, 0.15) is 5.56 Å². The van der Waals surface area contributed by atoms with Crippen LogP contribution < -0.4 is 5.73 Å². The number of halogens is 1. The summed E-state index contributed by atoms with van der Waals surface area (Å²) >= 11 is 3.75. The van der Waals surface area contributed by atoms with Crippen LogP contribution in [0.5, 0.6) is 0 Å². The lowest BCUT2D eigenvalue weighted by atomic mass is 10.2. The summed E-state index contributed by atoms with van der Waals surface area (Å²) in [7, 11) is 0. The molecule has 0 aliphatic carbocycles. The van der Waals surface area contributed by atoms with Gasteiger partial charge >= 0.3 is 0 Å². The van der Waals surface area contributed by atoms with E-state index in [1.165, 1.54) is 5.56 Å². The van der Waals surface area contributed by atoms with Crippen LogP contribution >= 0.6 is 34.4 Å². The van der Waals surface area contributed by atoms with Crippen molar-refractivity contribution in [1.82, 2.24) is 9.97 Å². The number of rotatable bonds is 3. The summed E-state index contributed by atoms with van der Waals surface area (Å²) in [5.74, 6) is 0.873.